The van der Waals surface area contributed by atoms with Crippen molar-refractivity contribution in [3.63, 3.8) is 0 Å². The molecule has 0 N–H and O–H groups in total. The molecule has 0 unspecified atom stereocenters. The lowest BCUT2D eigenvalue weighted by molar-refractivity contribution is -0.139. The lowest BCUT2D eigenvalue weighted by atomic mass is 10.1. The molecular formula is C17H19NO3. The molecule has 1 aromatic carbocycles. The zero-order valence-electron chi connectivity index (χ0n) is 12.2. The highest BCUT2D eigenvalue weighted by Gasteiger charge is 2.36. The molecule has 0 fully saturated rings. The van der Waals surface area contributed by atoms with Gasteiger partial charge in [-0.15, -0.1) is 0 Å². The Morgan fingerprint density at radius 3 is 2.71 bits per heavy atom. The highest BCUT2D eigenvalue weighted by Crippen LogP contribution is 2.39. The predicted molar refractivity (Wildman–Crippen MR) is 78.9 cm³/mol. The van der Waals surface area contributed by atoms with E-state index in [1.807, 2.05) is 12.1 Å². The lowest BCUT2D eigenvalue weighted by Crippen LogP contribution is -2.33. The Morgan fingerprint density at radius 2 is 2.00 bits per heavy atom. The van der Waals surface area contributed by atoms with Crippen molar-refractivity contribution in [3.8, 4) is 5.75 Å². The Balaban J connectivity index is 1.82. The van der Waals surface area contributed by atoms with E-state index < -0.39 is 0 Å². The first kappa shape index (κ1) is 13.9. The Hall–Kier alpha value is -2.10. The molecule has 1 heterocycles. The van der Waals surface area contributed by atoms with Gasteiger partial charge >= 0.3 is 0 Å². The summed E-state index contributed by atoms with van der Waals surface area (Å²) >= 11 is 0. The normalized spacial score (nSPS) is 20.2. The molecule has 0 bridgehead atoms. The fourth-order valence-corrected chi connectivity index (χ4v) is 2.97. The van der Waals surface area contributed by atoms with Crippen LogP contribution in [0, 0.1) is 0 Å². The first-order valence-electron chi connectivity index (χ1n) is 7.51. The van der Waals surface area contributed by atoms with Crippen molar-refractivity contribution in [2.45, 2.75) is 38.6 Å². The van der Waals surface area contributed by atoms with Crippen molar-refractivity contribution in [2.24, 2.45) is 0 Å². The molecule has 4 nitrogen and oxygen atoms in total. The Labute approximate surface area is 124 Å². The zero-order valence-corrected chi connectivity index (χ0v) is 12.2. The van der Waals surface area contributed by atoms with E-state index >= 15 is 0 Å². The van der Waals surface area contributed by atoms with Crippen LogP contribution in [0.3, 0.4) is 0 Å². The number of ether oxygens (including phenoxy) is 1. The largest absolute Gasteiger partial charge is 0.494 e. The van der Waals surface area contributed by atoms with Crippen LogP contribution in [-0.2, 0) is 16.0 Å². The van der Waals surface area contributed by atoms with Crippen LogP contribution in [-0.4, -0.2) is 23.3 Å². The third-order valence-electron chi connectivity index (χ3n) is 4.09. The zero-order chi connectivity index (χ0) is 14.8. The van der Waals surface area contributed by atoms with Crippen LogP contribution in [0.2, 0.25) is 0 Å². The number of nitrogens with zero attached hydrogens (tertiary/aromatic N) is 1. The van der Waals surface area contributed by atoms with Gasteiger partial charge in [-0.2, -0.15) is 0 Å². The Kier molecular flexibility index (Phi) is 3.78. The number of imide groups is 1. The topological polar surface area (TPSA) is 46.6 Å². The summed E-state index contributed by atoms with van der Waals surface area (Å²) in [4.78, 5) is 25.1. The summed E-state index contributed by atoms with van der Waals surface area (Å²) < 4.78 is 5.73. The van der Waals surface area contributed by atoms with E-state index in [0.717, 1.165) is 37.0 Å². The summed E-state index contributed by atoms with van der Waals surface area (Å²) in [7, 11) is 0. The van der Waals surface area contributed by atoms with Crippen LogP contribution in [0.4, 0.5) is 0 Å². The molecule has 2 amide bonds. The van der Waals surface area contributed by atoms with Crippen molar-refractivity contribution in [3.05, 3.63) is 41.5 Å². The van der Waals surface area contributed by atoms with Gasteiger partial charge in [0.2, 0.25) is 0 Å². The summed E-state index contributed by atoms with van der Waals surface area (Å²) in [6, 6.07) is 5.86. The molecule has 1 aromatic rings. The van der Waals surface area contributed by atoms with Crippen molar-refractivity contribution in [1.29, 1.82) is 0 Å². The standard InChI is InChI=1S/C17H19NO3/c1-2-3-10-21-13-6-4-12-5-7-15(14(12)11-13)18-16(19)8-9-17(18)20/h4,6,8-9,11,15H,2-3,5,7,10H2,1H3/t15-/m0/s1. The third-order valence-corrected chi connectivity index (χ3v) is 4.09. The summed E-state index contributed by atoms with van der Waals surface area (Å²) in [5.74, 6) is 0.395. The predicted octanol–water partition coefficient (Wildman–Crippen LogP) is 2.78. The highest BCUT2D eigenvalue weighted by atomic mass is 16.5. The lowest BCUT2D eigenvalue weighted by Gasteiger charge is -2.23. The fraction of sp³-hybridized carbons (Fsp3) is 0.412. The highest BCUT2D eigenvalue weighted by molar-refractivity contribution is 6.13. The first-order chi connectivity index (χ1) is 10.2. The molecule has 4 heteroatoms. The minimum absolute atomic E-state index is 0.148. The number of hydrogen-bond acceptors (Lipinski definition) is 3. The van der Waals surface area contributed by atoms with Gasteiger partial charge in [0, 0.05) is 12.2 Å². The summed E-state index contributed by atoms with van der Waals surface area (Å²) in [6.45, 7) is 2.82. The number of fused-ring (bicyclic) bond motifs is 1. The van der Waals surface area contributed by atoms with Gasteiger partial charge in [0.05, 0.1) is 12.6 Å². The van der Waals surface area contributed by atoms with E-state index in [9.17, 15) is 9.59 Å². The van der Waals surface area contributed by atoms with Gasteiger partial charge in [0.25, 0.3) is 11.8 Å². The molecule has 110 valence electrons. The van der Waals surface area contributed by atoms with E-state index in [4.69, 9.17) is 4.74 Å². The number of carbonyl (C=O) groups excluding carboxylic acids is 2. The van der Waals surface area contributed by atoms with Gasteiger partial charge in [-0.25, -0.2) is 0 Å². The van der Waals surface area contributed by atoms with Gasteiger partial charge < -0.3 is 4.74 Å². The van der Waals surface area contributed by atoms with Gasteiger partial charge in [0.15, 0.2) is 0 Å². The number of unbranched alkanes of at least 4 members (excludes halogenated alkanes) is 1. The minimum Gasteiger partial charge on any atom is -0.494 e. The second kappa shape index (κ2) is 5.72. The van der Waals surface area contributed by atoms with E-state index in [0.29, 0.717) is 6.61 Å². The van der Waals surface area contributed by atoms with E-state index in [1.54, 1.807) is 0 Å². The molecular weight excluding hydrogens is 266 g/mol. The number of carbonyl (C=O) groups is 2. The van der Waals surface area contributed by atoms with Gasteiger partial charge in [-0.05, 0) is 42.5 Å². The van der Waals surface area contributed by atoms with Crippen LogP contribution in [0.1, 0.15) is 43.4 Å². The van der Waals surface area contributed by atoms with Crippen molar-refractivity contribution in [1.82, 2.24) is 4.90 Å². The summed E-state index contributed by atoms with van der Waals surface area (Å²) in [6.07, 6.45) is 6.51. The van der Waals surface area contributed by atoms with Crippen LogP contribution < -0.4 is 4.74 Å². The number of amides is 2. The summed E-state index contributed by atoms with van der Waals surface area (Å²) in [5, 5.41) is 0. The van der Waals surface area contributed by atoms with Crippen molar-refractivity contribution >= 4 is 11.8 Å². The average Bonchev–Trinajstić information content (AvgIpc) is 3.02. The molecule has 2 aliphatic rings. The molecule has 0 radical (unpaired) electrons. The minimum atomic E-state index is -0.213. The second-order valence-electron chi connectivity index (χ2n) is 5.50. The molecule has 0 saturated carbocycles. The van der Waals surface area contributed by atoms with Gasteiger partial charge in [-0.1, -0.05) is 19.4 Å². The van der Waals surface area contributed by atoms with E-state index in [-0.39, 0.29) is 17.9 Å². The van der Waals surface area contributed by atoms with E-state index in [1.165, 1.54) is 22.6 Å². The maximum atomic E-state index is 11.9. The van der Waals surface area contributed by atoms with Gasteiger partial charge in [-0.3, -0.25) is 14.5 Å². The maximum Gasteiger partial charge on any atom is 0.254 e. The maximum absolute atomic E-state index is 11.9. The fourth-order valence-electron chi connectivity index (χ4n) is 2.97. The molecule has 0 aromatic heterocycles. The van der Waals surface area contributed by atoms with Crippen LogP contribution in [0.15, 0.2) is 30.4 Å². The van der Waals surface area contributed by atoms with Crippen LogP contribution in [0.25, 0.3) is 0 Å². The molecule has 0 saturated heterocycles. The number of hydrogen-bond donors (Lipinski definition) is 0. The van der Waals surface area contributed by atoms with Crippen LogP contribution in [0.5, 0.6) is 5.75 Å². The number of rotatable bonds is 5. The van der Waals surface area contributed by atoms with Crippen molar-refractivity contribution < 1.29 is 14.3 Å². The third kappa shape index (κ3) is 2.58. The molecule has 1 aliphatic heterocycles. The van der Waals surface area contributed by atoms with Crippen molar-refractivity contribution in [2.75, 3.05) is 6.61 Å². The molecule has 21 heavy (non-hydrogen) atoms. The summed E-state index contributed by atoms with van der Waals surface area (Å²) in [5.41, 5.74) is 2.25. The SMILES string of the molecule is CCCCOc1ccc2c(c1)[C@@H](N1C(=O)C=CC1=O)CC2. The quantitative estimate of drug-likeness (QED) is 0.617. The first-order valence-corrected chi connectivity index (χ1v) is 7.51. The Morgan fingerprint density at radius 1 is 1.24 bits per heavy atom. The van der Waals surface area contributed by atoms with Crippen LogP contribution >= 0.6 is 0 Å². The molecule has 1 atom stereocenters. The van der Waals surface area contributed by atoms with Gasteiger partial charge in [0.1, 0.15) is 5.75 Å². The second-order valence-corrected chi connectivity index (χ2v) is 5.50. The molecule has 1 aliphatic carbocycles. The smallest absolute Gasteiger partial charge is 0.254 e. The average molecular weight is 285 g/mol. The van der Waals surface area contributed by atoms with E-state index in [2.05, 4.69) is 13.0 Å². The molecule has 0 spiro atoms. The number of benzene rings is 1. The molecule has 3 rings (SSSR count). The monoisotopic (exact) mass is 285 g/mol. The Bertz CT molecular complexity index is 588. The number of aryl methyl sites for hydroxylation is 1.